The number of piperidine rings is 1. The minimum Gasteiger partial charge on any atom is -0.372 e. The van der Waals surface area contributed by atoms with Crippen molar-refractivity contribution in [3.8, 4) is 11.3 Å². The molecule has 0 spiro atoms. The maximum absolute atomic E-state index is 8.58. The van der Waals surface area contributed by atoms with Crippen molar-refractivity contribution in [3.05, 3.63) is 72.4 Å². The lowest BCUT2D eigenvalue weighted by Gasteiger charge is -2.34. The predicted octanol–water partition coefficient (Wildman–Crippen LogP) is 4.07. The highest BCUT2D eigenvalue weighted by atomic mass is 31.1. The number of carbonyl (C=O) groups excluding carboxylic acids is 1. The lowest BCUT2D eigenvalue weighted by molar-refractivity contribution is -0.106. The van der Waals surface area contributed by atoms with Gasteiger partial charge in [0.1, 0.15) is 5.82 Å². The third-order valence-electron chi connectivity index (χ3n) is 6.37. The lowest BCUT2D eigenvalue weighted by atomic mass is 9.97. The van der Waals surface area contributed by atoms with Crippen LogP contribution in [-0.2, 0) is 4.79 Å². The lowest BCUT2D eigenvalue weighted by Crippen LogP contribution is -2.38. The van der Waals surface area contributed by atoms with Gasteiger partial charge in [0.25, 0.3) is 0 Å². The Hall–Kier alpha value is -3.44. The Kier molecular flexibility index (Phi) is 8.32. The summed E-state index contributed by atoms with van der Waals surface area (Å²) >= 11 is 0. The first kappa shape index (κ1) is 24.7. The number of nitrogens with two attached hydrogens (primary N) is 1. The Morgan fingerprint density at radius 2 is 1.91 bits per heavy atom. The third-order valence-corrected chi connectivity index (χ3v) is 7.27. The number of nitrogens with zero attached hydrogens (tertiary/aromatic N) is 4. The highest BCUT2D eigenvalue weighted by Crippen LogP contribution is 2.27. The average molecular weight is 489 g/mol. The van der Waals surface area contributed by atoms with Gasteiger partial charge in [-0.15, -0.1) is 0 Å². The van der Waals surface area contributed by atoms with Gasteiger partial charge in [-0.3, -0.25) is 4.79 Å². The van der Waals surface area contributed by atoms with Gasteiger partial charge in [0.15, 0.2) is 5.65 Å². The molecular weight excluding hydrogens is 455 g/mol. The van der Waals surface area contributed by atoms with Crippen LogP contribution in [0.5, 0.6) is 0 Å². The molecule has 7 nitrogen and oxygen atoms in total. The van der Waals surface area contributed by atoms with E-state index in [9.17, 15) is 0 Å². The van der Waals surface area contributed by atoms with Gasteiger partial charge >= 0.3 is 0 Å². The summed E-state index contributed by atoms with van der Waals surface area (Å²) in [7, 11) is 0.663. The minimum atomic E-state index is 0.250. The maximum Gasteiger partial charge on any atom is 0.204 e. The van der Waals surface area contributed by atoms with Crippen molar-refractivity contribution in [2.24, 2.45) is 11.7 Å². The van der Waals surface area contributed by atoms with Crippen LogP contribution in [0.1, 0.15) is 18.4 Å². The summed E-state index contributed by atoms with van der Waals surface area (Å²) in [6, 6.07) is 21.4. The van der Waals surface area contributed by atoms with Crippen LogP contribution < -0.4 is 21.3 Å². The first-order valence-corrected chi connectivity index (χ1v) is 13.5. The van der Waals surface area contributed by atoms with Crippen LogP contribution in [0, 0.1) is 12.8 Å². The number of anilines is 2. The Bertz CT molecular complexity index is 1260. The molecule has 2 unspecified atom stereocenters. The van der Waals surface area contributed by atoms with Gasteiger partial charge in [0.05, 0.1) is 11.9 Å². The second kappa shape index (κ2) is 11.8. The van der Waals surface area contributed by atoms with Crippen molar-refractivity contribution in [2.45, 2.75) is 19.8 Å². The highest BCUT2D eigenvalue weighted by molar-refractivity contribution is 7.46. The Morgan fingerprint density at radius 1 is 1.17 bits per heavy atom. The molecule has 2 atom stereocenters. The molecule has 35 heavy (non-hydrogen) atoms. The number of hydrogen-bond acceptors (Lipinski definition) is 5. The molecule has 0 radical (unpaired) electrons. The zero-order valence-corrected chi connectivity index (χ0v) is 21.3. The molecule has 0 aliphatic carbocycles. The van der Waals surface area contributed by atoms with E-state index >= 15 is 0 Å². The van der Waals surface area contributed by atoms with Crippen LogP contribution in [0.2, 0.25) is 0 Å². The van der Waals surface area contributed by atoms with E-state index in [1.165, 1.54) is 35.0 Å². The molecule has 182 valence electrons. The van der Waals surface area contributed by atoms with Crippen LogP contribution in [0.3, 0.4) is 0 Å². The number of hydrogen-bond donors (Lipinski definition) is 2. The van der Waals surface area contributed by atoms with E-state index in [0.717, 1.165) is 36.8 Å². The number of rotatable bonds is 6. The number of benzene rings is 2. The molecular formula is C27H33N6OP. The highest BCUT2D eigenvalue weighted by Gasteiger charge is 2.21. The molecule has 2 aromatic heterocycles. The number of para-hydroxylation sites is 1. The van der Waals surface area contributed by atoms with E-state index in [0.29, 0.717) is 14.5 Å². The second-order valence-corrected chi connectivity index (χ2v) is 9.73. The van der Waals surface area contributed by atoms with Gasteiger partial charge < -0.3 is 16.0 Å². The van der Waals surface area contributed by atoms with Gasteiger partial charge in [-0.1, -0.05) is 51.0 Å². The topological polar surface area (TPSA) is 88.6 Å². The SMILES string of the molecule is CPc1cnn2c(NCC3CCCN(c4ccccc4)C3)cc(-c3ccccc3C)nc12.NC=O. The fourth-order valence-corrected chi connectivity index (χ4v) is 5.19. The van der Waals surface area contributed by atoms with E-state index in [1.54, 1.807) is 0 Å². The van der Waals surface area contributed by atoms with Gasteiger partial charge in [-0.25, -0.2) is 4.98 Å². The van der Waals surface area contributed by atoms with E-state index in [-0.39, 0.29) is 6.41 Å². The third kappa shape index (κ3) is 5.80. The predicted molar refractivity (Wildman–Crippen MR) is 147 cm³/mol. The first-order chi connectivity index (χ1) is 17.1. The summed E-state index contributed by atoms with van der Waals surface area (Å²) in [6.45, 7) is 7.48. The molecule has 0 bridgehead atoms. The number of carbonyl (C=O) groups is 1. The van der Waals surface area contributed by atoms with Crippen molar-refractivity contribution < 1.29 is 4.79 Å². The smallest absolute Gasteiger partial charge is 0.204 e. The molecule has 2 aromatic carbocycles. The molecule has 1 aliphatic rings. The summed E-state index contributed by atoms with van der Waals surface area (Å²) in [6.07, 6.45) is 4.69. The van der Waals surface area contributed by atoms with Crippen LogP contribution in [0.4, 0.5) is 11.5 Å². The van der Waals surface area contributed by atoms with Crippen molar-refractivity contribution in [3.63, 3.8) is 0 Å². The zero-order valence-electron chi connectivity index (χ0n) is 20.3. The van der Waals surface area contributed by atoms with Crippen LogP contribution >= 0.6 is 8.58 Å². The molecule has 3 N–H and O–H groups in total. The van der Waals surface area contributed by atoms with Gasteiger partial charge in [-0.05, 0) is 50.0 Å². The molecule has 0 saturated carbocycles. The van der Waals surface area contributed by atoms with Crippen molar-refractivity contribution >= 4 is 37.4 Å². The van der Waals surface area contributed by atoms with E-state index in [2.05, 4.69) is 95.3 Å². The van der Waals surface area contributed by atoms with Gasteiger partial charge in [0, 0.05) is 42.3 Å². The number of primary amides is 1. The average Bonchev–Trinajstić information content (AvgIpc) is 3.32. The number of aryl methyl sites for hydroxylation is 1. The Morgan fingerprint density at radius 3 is 2.66 bits per heavy atom. The second-order valence-electron chi connectivity index (χ2n) is 8.69. The molecule has 8 heteroatoms. The fraction of sp³-hybridized carbons (Fsp3) is 0.296. The molecule has 4 aromatic rings. The Balaban J connectivity index is 0.000000917. The molecule has 1 amide bonds. The van der Waals surface area contributed by atoms with Crippen LogP contribution in [-0.4, -0.2) is 47.3 Å². The monoisotopic (exact) mass is 488 g/mol. The van der Waals surface area contributed by atoms with E-state index < -0.39 is 0 Å². The Labute approximate surface area is 208 Å². The van der Waals surface area contributed by atoms with E-state index in [1.807, 2.05) is 10.7 Å². The van der Waals surface area contributed by atoms with Crippen molar-refractivity contribution in [1.29, 1.82) is 0 Å². The molecule has 1 fully saturated rings. The largest absolute Gasteiger partial charge is 0.372 e. The molecule has 5 rings (SSSR count). The fourth-order valence-electron chi connectivity index (χ4n) is 4.62. The van der Waals surface area contributed by atoms with Gasteiger partial charge in [-0.2, -0.15) is 9.61 Å². The first-order valence-electron chi connectivity index (χ1n) is 12.0. The normalized spacial score (nSPS) is 15.7. The quantitative estimate of drug-likeness (QED) is 0.316. The standard InChI is InChI=1S/C26H30N5P.CH3NO/c1-19-9-6-7-13-22(19)23-15-25(31-26(29-23)24(32-2)17-28-31)27-16-20-10-8-14-30(18-20)21-11-4-3-5-12-21;2-1-3/h3-7,9,11-13,15,17,20,27,32H,8,10,14,16,18H2,1-2H3;1H,(H2,2,3). The van der Waals surface area contributed by atoms with E-state index in [4.69, 9.17) is 9.78 Å². The summed E-state index contributed by atoms with van der Waals surface area (Å²) in [5.41, 5.74) is 9.88. The number of nitrogens with one attached hydrogen (secondary N) is 1. The van der Waals surface area contributed by atoms with Gasteiger partial charge in [0.2, 0.25) is 6.41 Å². The maximum atomic E-state index is 8.58. The number of aromatic nitrogens is 3. The summed E-state index contributed by atoms with van der Waals surface area (Å²) in [5.74, 6) is 1.62. The summed E-state index contributed by atoms with van der Waals surface area (Å²) in [5, 5.41) is 9.60. The molecule has 3 heterocycles. The van der Waals surface area contributed by atoms with Crippen LogP contribution in [0.25, 0.3) is 16.9 Å². The van der Waals surface area contributed by atoms with Crippen molar-refractivity contribution in [2.75, 3.05) is 36.5 Å². The summed E-state index contributed by atoms with van der Waals surface area (Å²) in [4.78, 5) is 16.1. The minimum absolute atomic E-state index is 0.250. The van der Waals surface area contributed by atoms with Crippen molar-refractivity contribution in [1.82, 2.24) is 14.6 Å². The number of amides is 1. The van der Waals surface area contributed by atoms with Crippen LogP contribution in [0.15, 0.2) is 66.9 Å². The molecule has 1 aliphatic heterocycles. The molecule has 1 saturated heterocycles. The number of fused-ring (bicyclic) bond motifs is 1. The summed E-state index contributed by atoms with van der Waals surface area (Å²) < 4.78 is 1.98. The zero-order chi connectivity index (χ0) is 24.6.